The summed E-state index contributed by atoms with van der Waals surface area (Å²) in [7, 11) is 1.53. The van der Waals surface area contributed by atoms with Crippen molar-refractivity contribution in [2.45, 2.75) is 39.7 Å². The van der Waals surface area contributed by atoms with Crippen LogP contribution in [0.25, 0.3) is 0 Å². The molecule has 6 nitrogen and oxygen atoms in total. The first-order valence-electron chi connectivity index (χ1n) is 8.99. The Bertz CT molecular complexity index is 868. The van der Waals surface area contributed by atoms with Crippen molar-refractivity contribution in [3.8, 4) is 11.5 Å². The highest BCUT2D eigenvalue weighted by Gasteiger charge is 2.10. The maximum absolute atomic E-state index is 12.5. The largest absolute Gasteiger partial charge is 0.493 e. The van der Waals surface area contributed by atoms with Crippen LogP contribution >= 0.6 is 0 Å². The molecule has 6 heteroatoms. The third kappa shape index (κ3) is 5.81. The first-order chi connectivity index (χ1) is 12.9. The fourth-order valence-corrected chi connectivity index (χ4v) is 2.55. The predicted octanol–water partition coefficient (Wildman–Crippen LogP) is 3.51. The number of nitrogens with zero attached hydrogens (tertiary/aromatic N) is 2. The molecule has 0 saturated carbocycles. The molecule has 0 bridgehead atoms. The number of ether oxygens (including phenoxy) is 2. The standard InChI is InChI=1S/C21H26N2O4/c1-15(2)22-20-8-5-6-12-23(20)21(25)9-7-13-27-18-11-10-17(16(3)24)14-19(18)26-4/h5-6,8,10-12,14-15H,7,9,13H2,1-4H3. The third-order valence-corrected chi connectivity index (χ3v) is 3.86. The first-order valence-corrected chi connectivity index (χ1v) is 8.99. The van der Waals surface area contributed by atoms with Crippen LogP contribution in [0.5, 0.6) is 11.5 Å². The second kappa shape index (κ2) is 9.71. The lowest BCUT2D eigenvalue weighted by atomic mass is 10.1. The lowest BCUT2D eigenvalue weighted by Crippen LogP contribution is -2.27. The molecule has 0 amide bonds. The molecule has 0 aliphatic heterocycles. The summed E-state index contributed by atoms with van der Waals surface area (Å²) in [5.41, 5.74) is 1.22. The third-order valence-electron chi connectivity index (χ3n) is 3.86. The molecule has 0 spiro atoms. The van der Waals surface area contributed by atoms with Crippen molar-refractivity contribution in [3.63, 3.8) is 0 Å². The van der Waals surface area contributed by atoms with Gasteiger partial charge in [0.2, 0.25) is 5.91 Å². The van der Waals surface area contributed by atoms with E-state index in [1.165, 1.54) is 14.0 Å². The highest BCUT2D eigenvalue weighted by molar-refractivity contribution is 5.94. The van der Waals surface area contributed by atoms with Crippen molar-refractivity contribution >= 4 is 11.7 Å². The molecule has 0 atom stereocenters. The van der Waals surface area contributed by atoms with Gasteiger partial charge >= 0.3 is 0 Å². The molecular formula is C21H26N2O4. The Hall–Kier alpha value is -2.89. The molecule has 2 aromatic rings. The van der Waals surface area contributed by atoms with Crippen molar-refractivity contribution in [2.75, 3.05) is 13.7 Å². The Morgan fingerprint density at radius 3 is 2.59 bits per heavy atom. The van der Waals surface area contributed by atoms with Gasteiger partial charge in [-0.2, -0.15) is 0 Å². The number of hydrogen-bond donors (Lipinski definition) is 0. The summed E-state index contributed by atoms with van der Waals surface area (Å²) in [4.78, 5) is 28.4. The summed E-state index contributed by atoms with van der Waals surface area (Å²) >= 11 is 0. The molecule has 2 rings (SSSR count). The minimum atomic E-state index is -0.0343. The average molecular weight is 370 g/mol. The number of rotatable bonds is 8. The number of aromatic nitrogens is 1. The van der Waals surface area contributed by atoms with E-state index in [9.17, 15) is 9.59 Å². The molecule has 0 unspecified atom stereocenters. The van der Waals surface area contributed by atoms with Crippen molar-refractivity contribution < 1.29 is 19.1 Å². The minimum absolute atomic E-state index is 0.0301. The predicted molar refractivity (Wildman–Crippen MR) is 103 cm³/mol. The van der Waals surface area contributed by atoms with Gasteiger partial charge in [0.15, 0.2) is 17.3 Å². The lowest BCUT2D eigenvalue weighted by Gasteiger charge is -2.12. The van der Waals surface area contributed by atoms with E-state index in [2.05, 4.69) is 4.99 Å². The number of ketones is 1. The summed E-state index contributed by atoms with van der Waals surface area (Å²) in [6, 6.07) is 10.7. The van der Waals surface area contributed by atoms with E-state index in [1.807, 2.05) is 32.0 Å². The maximum Gasteiger partial charge on any atom is 0.232 e. The highest BCUT2D eigenvalue weighted by Crippen LogP contribution is 2.28. The van der Waals surface area contributed by atoms with E-state index in [1.54, 1.807) is 29.0 Å². The summed E-state index contributed by atoms with van der Waals surface area (Å²) in [5, 5.41) is 0. The van der Waals surface area contributed by atoms with Gasteiger partial charge in [0, 0.05) is 24.2 Å². The number of pyridine rings is 1. The Morgan fingerprint density at radius 2 is 1.93 bits per heavy atom. The van der Waals surface area contributed by atoms with Crippen LogP contribution in [0.2, 0.25) is 0 Å². The maximum atomic E-state index is 12.5. The highest BCUT2D eigenvalue weighted by atomic mass is 16.5. The fraction of sp³-hybridized carbons (Fsp3) is 0.381. The molecule has 0 radical (unpaired) electrons. The van der Waals surface area contributed by atoms with Gasteiger partial charge < -0.3 is 9.47 Å². The second-order valence-electron chi connectivity index (χ2n) is 6.42. The van der Waals surface area contributed by atoms with Crippen LogP contribution in [0.15, 0.2) is 47.6 Å². The summed E-state index contributed by atoms with van der Waals surface area (Å²) in [5.74, 6) is 0.993. The number of Topliss-reactive ketones (excluding diaryl/α,β-unsaturated/α-hetero) is 1. The summed E-state index contributed by atoms with van der Waals surface area (Å²) in [6.45, 7) is 5.81. The van der Waals surface area contributed by atoms with Crippen LogP contribution < -0.4 is 15.0 Å². The van der Waals surface area contributed by atoms with Crippen molar-refractivity contribution in [3.05, 3.63) is 53.6 Å². The first kappa shape index (κ1) is 20.4. The Kier molecular flexibility index (Phi) is 7.34. The SMILES string of the molecule is COc1cc(C(C)=O)ccc1OCCCC(=O)n1ccccc1=NC(C)C. The normalized spacial score (nSPS) is 11.5. The molecule has 0 N–H and O–H groups in total. The van der Waals surface area contributed by atoms with E-state index in [0.29, 0.717) is 42.0 Å². The molecule has 0 fully saturated rings. The van der Waals surface area contributed by atoms with E-state index in [4.69, 9.17) is 9.47 Å². The smallest absolute Gasteiger partial charge is 0.232 e. The molecule has 1 aromatic carbocycles. The fourth-order valence-electron chi connectivity index (χ4n) is 2.55. The second-order valence-corrected chi connectivity index (χ2v) is 6.42. The number of methoxy groups -OCH3 is 1. The molecule has 144 valence electrons. The van der Waals surface area contributed by atoms with Crippen molar-refractivity contribution in [2.24, 2.45) is 4.99 Å². The van der Waals surface area contributed by atoms with Gasteiger partial charge in [0.05, 0.1) is 13.7 Å². The monoisotopic (exact) mass is 370 g/mol. The zero-order chi connectivity index (χ0) is 19.8. The molecule has 0 aliphatic carbocycles. The van der Waals surface area contributed by atoms with Crippen LogP contribution in [0, 0.1) is 0 Å². The quantitative estimate of drug-likeness (QED) is 0.527. The van der Waals surface area contributed by atoms with Crippen LogP contribution in [-0.2, 0) is 0 Å². The zero-order valence-corrected chi connectivity index (χ0v) is 16.3. The molecular weight excluding hydrogens is 344 g/mol. The van der Waals surface area contributed by atoms with Crippen LogP contribution in [0.4, 0.5) is 0 Å². The molecule has 27 heavy (non-hydrogen) atoms. The van der Waals surface area contributed by atoms with E-state index < -0.39 is 0 Å². The summed E-state index contributed by atoms with van der Waals surface area (Å²) < 4.78 is 12.6. The average Bonchev–Trinajstić information content (AvgIpc) is 2.64. The molecule has 1 heterocycles. The number of carbonyl (C=O) groups is 2. The number of carbonyl (C=O) groups excluding carboxylic acids is 2. The van der Waals surface area contributed by atoms with Crippen LogP contribution in [0.3, 0.4) is 0 Å². The van der Waals surface area contributed by atoms with Crippen molar-refractivity contribution in [1.29, 1.82) is 0 Å². The number of benzene rings is 1. The number of hydrogen-bond acceptors (Lipinski definition) is 5. The van der Waals surface area contributed by atoms with Crippen molar-refractivity contribution in [1.82, 2.24) is 4.57 Å². The lowest BCUT2D eigenvalue weighted by molar-refractivity contribution is 0.0886. The minimum Gasteiger partial charge on any atom is -0.493 e. The van der Waals surface area contributed by atoms with E-state index >= 15 is 0 Å². The van der Waals surface area contributed by atoms with E-state index in [-0.39, 0.29) is 17.7 Å². The van der Waals surface area contributed by atoms with Crippen LogP contribution in [0.1, 0.15) is 48.8 Å². The van der Waals surface area contributed by atoms with Gasteiger partial charge in [-0.05, 0) is 57.5 Å². The van der Waals surface area contributed by atoms with Gasteiger partial charge in [0.1, 0.15) is 5.49 Å². The Labute approximate surface area is 159 Å². The molecule has 0 aliphatic rings. The Morgan fingerprint density at radius 1 is 1.15 bits per heavy atom. The van der Waals surface area contributed by atoms with Gasteiger partial charge in [0.25, 0.3) is 0 Å². The summed E-state index contributed by atoms with van der Waals surface area (Å²) in [6.07, 6.45) is 2.62. The van der Waals surface area contributed by atoms with Crippen LogP contribution in [-0.4, -0.2) is 36.0 Å². The van der Waals surface area contributed by atoms with E-state index in [0.717, 1.165) is 0 Å². The Balaban J connectivity index is 1.96. The van der Waals surface area contributed by atoms with Gasteiger partial charge in [-0.25, -0.2) is 0 Å². The van der Waals surface area contributed by atoms with Gasteiger partial charge in [-0.15, -0.1) is 0 Å². The molecule has 0 saturated heterocycles. The zero-order valence-electron chi connectivity index (χ0n) is 16.3. The van der Waals surface area contributed by atoms with Gasteiger partial charge in [-0.3, -0.25) is 19.1 Å². The molecule has 1 aromatic heterocycles. The van der Waals surface area contributed by atoms with Gasteiger partial charge in [-0.1, -0.05) is 6.07 Å². The topological polar surface area (TPSA) is 69.9 Å².